The predicted molar refractivity (Wildman–Crippen MR) is 62.7 cm³/mol. The Kier molecular flexibility index (Phi) is 7.35. The number of hydrogen-bond acceptors (Lipinski definition) is 4. The fourth-order valence-corrected chi connectivity index (χ4v) is 4.22. The van der Waals surface area contributed by atoms with Crippen molar-refractivity contribution in [2.75, 3.05) is 0 Å². The van der Waals surface area contributed by atoms with Gasteiger partial charge in [0.2, 0.25) is 6.17 Å². The van der Waals surface area contributed by atoms with Crippen LogP contribution in [0.5, 0.6) is 0 Å². The summed E-state index contributed by atoms with van der Waals surface area (Å²) in [6, 6.07) is 0. The summed E-state index contributed by atoms with van der Waals surface area (Å²) < 4.78 is 243. The third-order valence-electron chi connectivity index (χ3n) is 2.93. The van der Waals surface area contributed by atoms with Crippen molar-refractivity contribution in [1.29, 1.82) is 0 Å². The summed E-state index contributed by atoms with van der Waals surface area (Å²) in [6.07, 6.45) is -20.3. The topological polar surface area (TPSA) is 80.3 Å². The number of nitrogens with one attached hydrogen (secondary N) is 1. The molecule has 188 valence electrons. The minimum Gasteiger partial charge on any atom is -0.236 e. The molecule has 5 nitrogen and oxygen atoms in total. The first-order valence-electron chi connectivity index (χ1n) is 6.22. The second kappa shape index (κ2) is 7.66. The molecule has 23 heteroatoms. The highest BCUT2D eigenvalue weighted by Crippen LogP contribution is 2.54. The molecular formula is C8H3F16NO4S2. The second-order valence-corrected chi connectivity index (χ2v) is 8.90. The van der Waals surface area contributed by atoms with E-state index in [9.17, 15) is 87.1 Å². The molecule has 1 N–H and O–H groups in total. The van der Waals surface area contributed by atoms with E-state index >= 15 is 0 Å². The van der Waals surface area contributed by atoms with Gasteiger partial charge < -0.3 is 0 Å². The van der Waals surface area contributed by atoms with Crippen LogP contribution in [-0.4, -0.2) is 63.9 Å². The molecule has 0 saturated carbocycles. The van der Waals surface area contributed by atoms with Crippen LogP contribution in [0.3, 0.4) is 0 Å². The highest BCUT2D eigenvalue weighted by atomic mass is 32.3. The van der Waals surface area contributed by atoms with Crippen LogP contribution in [0.25, 0.3) is 0 Å². The van der Waals surface area contributed by atoms with Crippen LogP contribution in [0, 0.1) is 0 Å². The molecule has 0 aromatic carbocycles. The quantitative estimate of drug-likeness (QED) is 0.474. The molecule has 0 aliphatic heterocycles. The van der Waals surface area contributed by atoms with Crippen LogP contribution in [0.15, 0.2) is 0 Å². The summed E-state index contributed by atoms with van der Waals surface area (Å²) in [5.41, 5.74) is -5.49. The normalized spacial score (nSPS) is 18.1. The van der Waals surface area contributed by atoms with Crippen LogP contribution < -0.4 is 4.13 Å². The Morgan fingerprint density at radius 3 is 1.23 bits per heavy atom. The average molecular weight is 545 g/mol. The summed E-state index contributed by atoms with van der Waals surface area (Å²) in [4.78, 5) is 0. The van der Waals surface area contributed by atoms with Crippen LogP contribution in [0.1, 0.15) is 0 Å². The Morgan fingerprint density at radius 2 is 0.935 bits per heavy atom. The standard InChI is InChI=1S/C8H3F16NO4S2/c9-1(3(11,12)6(17,18)19)2(10)30(26,27)25-31(28,29)8(23,24)5(15,16)4(13,14)7(20,21)22/h1-2,25H. The van der Waals surface area contributed by atoms with Crippen LogP contribution in [-0.2, 0) is 20.0 Å². The third-order valence-corrected chi connectivity index (χ3v) is 6.50. The molecule has 0 saturated heterocycles. The number of halogens is 16. The predicted octanol–water partition coefficient (Wildman–Crippen LogP) is 3.49. The first-order chi connectivity index (χ1) is 13.0. The Hall–Kier alpha value is -1.26. The van der Waals surface area contributed by atoms with Gasteiger partial charge in [0.05, 0.1) is 0 Å². The molecular weight excluding hydrogens is 542 g/mol. The van der Waals surface area contributed by atoms with Crippen molar-refractivity contribution in [1.82, 2.24) is 4.13 Å². The molecule has 0 amide bonds. The molecule has 0 aliphatic rings. The summed E-state index contributed by atoms with van der Waals surface area (Å²) in [5.74, 6) is -23.0. The Bertz CT molecular complexity index is 872. The number of rotatable bonds is 8. The van der Waals surface area contributed by atoms with E-state index in [4.69, 9.17) is 0 Å². The highest BCUT2D eigenvalue weighted by molar-refractivity contribution is 8.05. The van der Waals surface area contributed by atoms with Crippen molar-refractivity contribution in [2.45, 2.75) is 47.1 Å². The fourth-order valence-electron chi connectivity index (χ4n) is 1.26. The average Bonchev–Trinajstić information content (AvgIpc) is 2.49. The molecule has 2 atom stereocenters. The Morgan fingerprint density at radius 1 is 0.581 bits per heavy atom. The first kappa shape index (κ1) is 29.7. The van der Waals surface area contributed by atoms with E-state index in [-0.39, 0.29) is 0 Å². The minimum absolute atomic E-state index is 1.10. The van der Waals surface area contributed by atoms with E-state index in [1.165, 1.54) is 0 Å². The van der Waals surface area contributed by atoms with E-state index in [2.05, 4.69) is 0 Å². The molecule has 0 aliphatic carbocycles. The van der Waals surface area contributed by atoms with Gasteiger partial charge in [-0.15, -0.1) is 4.13 Å². The van der Waals surface area contributed by atoms with Gasteiger partial charge in [-0.25, -0.2) is 25.6 Å². The lowest BCUT2D eigenvalue weighted by Crippen LogP contribution is -2.65. The fraction of sp³-hybridized carbons (Fsp3) is 1.00. The van der Waals surface area contributed by atoms with E-state index in [1.807, 2.05) is 0 Å². The Balaban J connectivity index is 6.30. The molecule has 0 bridgehead atoms. The van der Waals surface area contributed by atoms with Gasteiger partial charge in [-0.05, 0) is 0 Å². The van der Waals surface area contributed by atoms with Gasteiger partial charge in [0, 0.05) is 0 Å². The summed E-state index contributed by atoms with van der Waals surface area (Å²) in [6.45, 7) is 0. The summed E-state index contributed by atoms with van der Waals surface area (Å²) >= 11 is 0. The maximum atomic E-state index is 13.2. The number of alkyl halides is 16. The third kappa shape index (κ3) is 4.75. The largest absolute Gasteiger partial charge is 0.460 e. The smallest absolute Gasteiger partial charge is 0.236 e. The lowest BCUT2D eigenvalue weighted by atomic mass is 10.1. The van der Waals surface area contributed by atoms with Gasteiger partial charge in [0.25, 0.3) is 25.6 Å². The SMILES string of the molecule is O=S(=O)(NS(=O)(=O)C(F)(F)C(F)(F)C(F)(F)C(F)(F)F)C(F)C(F)C(F)(F)C(F)(F)F. The number of sulfonamides is 2. The monoisotopic (exact) mass is 545 g/mol. The molecule has 2 unspecified atom stereocenters. The summed E-state index contributed by atoms with van der Waals surface area (Å²) in [7, 11) is -15.7. The van der Waals surface area contributed by atoms with Gasteiger partial charge >= 0.3 is 35.4 Å². The summed E-state index contributed by atoms with van der Waals surface area (Å²) in [5, 5.41) is -7.84. The molecule has 31 heavy (non-hydrogen) atoms. The van der Waals surface area contributed by atoms with Gasteiger partial charge in [-0.3, -0.25) is 0 Å². The molecule has 0 heterocycles. The van der Waals surface area contributed by atoms with Crippen LogP contribution >= 0.6 is 0 Å². The van der Waals surface area contributed by atoms with Crippen molar-refractivity contribution < 1.29 is 87.1 Å². The van der Waals surface area contributed by atoms with E-state index in [0.29, 0.717) is 0 Å². The minimum atomic E-state index is -8.21. The van der Waals surface area contributed by atoms with Crippen molar-refractivity contribution >= 4 is 20.0 Å². The van der Waals surface area contributed by atoms with E-state index in [1.54, 1.807) is 0 Å². The lowest BCUT2D eigenvalue weighted by molar-refractivity contribution is -0.382. The molecule has 0 radical (unpaired) electrons. The molecule has 0 aromatic rings. The van der Waals surface area contributed by atoms with Crippen molar-refractivity contribution in [3.63, 3.8) is 0 Å². The second-order valence-electron chi connectivity index (χ2n) is 5.17. The molecule has 0 aromatic heterocycles. The lowest BCUT2D eigenvalue weighted by Gasteiger charge is -2.33. The van der Waals surface area contributed by atoms with Crippen molar-refractivity contribution in [3.8, 4) is 0 Å². The number of hydrogen-bond donors (Lipinski definition) is 1. The Labute approximate surface area is 159 Å². The zero-order valence-corrected chi connectivity index (χ0v) is 14.8. The molecule has 0 spiro atoms. The highest BCUT2D eigenvalue weighted by Gasteiger charge is 2.85. The molecule has 0 fully saturated rings. The zero-order valence-electron chi connectivity index (χ0n) is 13.2. The van der Waals surface area contributed by atoms with Gasteiger partial charge in [-0.1, -0.05) is 0 Å². The zero-order chi connectivity index (χ0) is 25.9. The van der Waals surface area contributed by atoms with E-state index in [0.717, 1.165) is 0 Å². The maximum Gasteiger partial charge on any atom is 0.460 e. The van der Waals surface area contributed by atoms with E-state index < -0.39 is 71.2 Å². The van der Waals surface area contributed by atoms with Crippen LogP contribution in [0.2, 0.25) is 0 Å². The first-order valence-corrected chi connectivity index (χ1v) is 9.25. The van der Waals surface area contributed by atoms with Gasteiger partial charge in [-0.2, -0.15) is 61.5 Å². The molecule has 0 rings (SSSR count). The van der Waals surface area contributed by atoms with Gasteiger partial charge in [0.15, 0.2) is 0 Å². The van der Waals surface area contributed by atoms with Crippen molar-refractivity contribution in [3.05, 3.63) is 0 Å². The van der Waals surface area contributed by atoms with Gasteiger partial charge in [0.1, 0.15) is 0 Å². The van der Waals surface area contributed by atoms with Crippen LogP contribution in [0.4, 0.5) is 70.2 Å². The maximum absolute atomic E-state index is 13.2. The van der Waals surface area contributed by atoms with Crippen molar-refractivity contribution in [2.24, 2.45) is 0 Å².